The molecule has 1 rings (SSSR count). The summed E-state index contributed by atoms with van der Waals surface area (Å²) in [5.41, 5.74) is 0. The second-order valence-electron chi connectivity index (χ2n) is 4.03. The van der Waals surface area contributed by atoms with Crippen LogP contribution in [0.2, 0.25) is 0 Å². The lowest BCUT2D eigenvalue weighted by molar-refractivity contribution is -0.125. The Hall–Kier alpha value is -1.56. The van der Waals surface area contributed by atoms with Gasteiger partial charge < -0.3 is 9.64 Å². The van der Waals surface area contributed by atoms with Gasteiger partial charge in [0.1, 0.15) is 0 Å². The largest absolute Gasteiger partial charge is 0.379 e. The average Bonchev–Trinajstić information content (AvgIpc) is 2.40. The van der Waals surface area contributed by atoms with Gasteiger partial charge in [-0.1, -0.05) is 5.92 Å². The van der Waals surface area contributed by atoms with Gasteiger partial charge in [0.2, 0.25) is 0 Å². The minimum absolute atomic E-state index is 0.194. The van der Waals surface area contributed by atoms with Crippen molar-refractivity contribution in [3.8, 4) is 17.9 Å². The molecule has 18 heavy (non-hydrogen) atoms. The number of rotatable bonds is 5. The number of nitriles is 1. The highest BCUT2D eigenvalue weighted by molar-refractivity contribution is 5.93. The minimum atomic E-state index is -0.194. The van der Waals surface area contributed by atoms with Crippen LogP contribution in [0.3, 0.4) is 0 Å². The Kier molecular flexibility index (Phi) is 6.86. The molecule has 1 heterocycles. The molecular weight excluding hydrogens is 230 g/mol. The number of morpholine rings is 1. The van der Waals surface area contributed by atoms with E-state index in [-0.39, 0.29) is 5.91 Å². The molecule has 0 aromatic carbocycles. The van der Waals surface area contributed by atoms with Crippen LogP contribution < -0.4 is 0 Å². The molecule has 0 spiro atoms. The topological polar surface area (TPSA) is 56.6 Å². The molecule has 1 aliphatic rings. The number of hydrogen-bond acceptors (Lipinski definition) is 4. The van der Waals surface area contributed by atoms with E-state index in [4.69, 9.17) is 10.00 Å². The zero-order valence-electron chi connectivity index (χ0n) is 10.8. The average molecular weight is 249 g/mol. The number of hydrogen-bond donors (Lipinski definition) is 0. The van der Waals surface area contributed by atoms with Crippen LogP contribution in [0.15, 0.2) is 0 Å². The van der Waals surface area contributed by atoms with Gasteiger partial charge >= 0.3 is 0 Å². The molecule has 0 unspecified atom stereocenters. The van der Waals surface area contributed by atoms with E-state index in [0.29, 0.717) is 19.5 Å². The Labute approximate surface area is 108 Å². The molecule has 0 aliphatic carbocycles. The zero-order chi connectivity index (χ0) is 13.2. The van der Waals surface area contributed by atoms with Crippen LogP contribution in [0.1, 0.15) is 13.3 Å². The summed E-state index contributed by atoms with van der Waals surface area (Å²) in [7, 11) is 0. The molecule has 0 radical (unpaired) electrons. The maximum Gasteiger partial charge on any atom is 0.298 e. The van der Waals surface area contributed by atoms with Gasteiger partial charge in [-0.25, -0.2) is 0 Å². The highest BCUT2D eigenvalue weighted by Crippen LogP contribution is 1.99. The van der Waals surface area contributed by atoms with Crippen LogP contribution in [0.25, 0.3) is 0 Å². The Balaban J connectivity index is 2.41. The van der Waals surface area contributed by atoms with Gasteiger partial charge in [-0.05, 0) is 12.8 Å². The molecular formula is C13H19N3O2. The summed E-state index contributed by atoms with van der Waals surface area (Å²) in [5, 5.41) is 8.59. The highest BCUT2D eigenvalue weighted by atomic mass is 16.5. The molecule has 0 N–H and O–H groups in total. The fourth-order valence-corrected chi connectivity index (χ4v) is 1.77. The van der Waals surface area contributed by atoms with Gasteiger partial charge in [0.25, 0.3) is 5.91 Å². The van der Waals surface area contributed by atoms with E-state index >= 15 is 0 Å². The molecule has 1 saturated heterocycles. The van der Waals surface area contributed by atoms with Crippen molar-refractivity contribution in [2.45, 2.75) is 13.3 Å². The molecule has 1 amide bonds. The van der Waals surface area contributed by atoms with Crippen molar-refractivity contribution in [1.82, 2.24) is 9.80 Å². The van der Waals surface area contributed by atoms with E-state index in [1.807, 2.05) is 0 Å². The van der Waals surface area contributed by atoms with Crippen molar-refractivity contribution in [3.05, 3.63) is 0 Å². The fraction of sp³-hybridized carbons (Fsp3) is 0.692. The van der Waals surface area contributed by atoms with Crippen molar-refractivity contribution >= 4 is 5.91 Å². The number of carbonyl (C=O) groups is 1. The van der Waals surface area contributed by atoms with Gasteiger partial charge in [0.15, 0.2) is 0 Å². The SMILES string of the molecule is CC#CC(=O)N(CCC#N)CCN1CCOCC1. The Morgan fingerprint density at radius 1 is 1.39 bits per heavy atom. The lowest BCUT2D eigenvalue weighted by atomic mass is 10.3. The van der Waals surface area contributed by atoms with E-state index in [0.717, 1.165) is 32.8 Å². The van der Waals surface area contributed by atoms with Gasteiger partial charge in [0.05, 0.1) is 25.7 Å². The van der Waals surface area contributed by atoms with E-state index in [1.165, 1.54) is 0 Å². The van der Waals surface area contributed by atoms with E-state index < -0.39 is 0 Å². The third-order valence-corrected chi connectivity index (χ3v) is 2.80. The van der Waals surface area contributed by atoms with Crippen molar-refractivity contribution < 1.29 is 9.53 Å². The van der Waals surface area contributed by atoms with Gasteiger partial charge in [0, 0.05) is 32.7 Å². The van der Waals surface area contributed by atoms with Crippen molar-refractivity contribution in [2.24, 2.45) is 0 Å². The van der Waals surface area contributed by atoms with Gasteiger partial charge in [-0.15, -0.1) is 0 Å². The molecule has 5 nitrogen and oxygen atoms in total. The molecule has 0 aromatic rings. The van der Waals surface area contributed by atoms with Crippen molar-refractivity contribution in [2.75, 3.05) is 45.9 Å². The summed E-state index contributed by atoms with van der Waals surface area (Å²) in [6, 6.07) is 2.06. The summed E-state index contributed by atoms with van der Waals surface area (Å²) in [5.74, 6) is 4.94. The summed E-state index contributed by atoms with van der Waals surface area (Å²) >= 11 is 0. The minimum Gasteiger partial charge on any atom is -0.379 e. The Morgan fingerprint density at radius 3 is 2.72 bits per heavy atom. The Bertz CT molecular complexity index is 359. The predicted molar refractivity (Wildman–Crippen MR) is 67.5 cm³/mol. The first kappa shape index (κ1) is 14.5. The summed E-state index contributed by atoms with van der Waals surface area (Å²) in [6.07, 6.45) is 0.347. The normalized spacial score (nSPS) is 15.3. The first-order valence-electron chi connectivity index (χ1n) is 6.16. The Morgan fingerprint density at radius 2 is 2.11 bits per heavy atom. The van der Waals surface area contributed by atoms with Crippen LogP contribution in [0.4, 0.5) is 0 Å². The van der Waals surface area contributed by atoms with Crippen LogP contribution in [-0.4, -0.2) is 61.6 Å². The predicted octanol–water partition coefficient (Wildman–Crippen LogP) is 0.0842. The number of amides is 1. The zero-order valence-corrected chi connectivity index (χ0v) is 10.8. The quantitative estimate of drug-likeness (QED) is 0.648. The summed E-state index contributed by atoms with van der Waals surface area (Å²) in [6.45, 7) is 6.83. The van der Waals surface area contributed by atoms with Crippen molar-refractivity contribution in [3.63, 3.8) is 0 Å². The molecule has 0 aromatic heterocycles. The fourth-order valence-electron chi connectivity index (χ4n) is 1.77. The maximum absolute atomic E-state index is 11.7. The first-order chi connectivity index (χ1) is 8.77. The van der Waals surface area contributed by atoms with Crippen LogP contribution in [0.5, 0.6) is 0 Å². The monoisotopic (exact) mass is 249 g/mol. The van der Waals surface area contributed by atoms with E-state index in [1.54, 1.807) is 11.8 Å². The maximum atomic E-state index is 11.7. The third kappa shape index (κ3) is 5.18. The van der Waals surface area contributed by atoms with E-state index in [2.05, 4.69) is 22.8 Å². The molecule has 5 heteroatoms. The standard InChI is InChI=1S/C13H19N3O2/c1-2-4-13(17)16(6-3-5-14)8-7-15-9-11-18-12-10-15/h3,6-12H2,1H3. The van der Waals surface area contributed by atoms with Crippen LogP contribution in [0, 0.1) is 23.2 Å². The molecule has 0 atom stereocenters. The number of carbonyl (C=O) groups excluding carboxylic acids is 1. The molecule has 0 saturated carbocycles. The first-order valence-corrected chi connectivity index (χ1v) is 6.16. The lowest BCUT2D eigenvalue weighted by Gasteiger charge is -2.29. The van der Waals surface area contributed by atoms with Gasteiger partial charge in [-0.2, -0.15) is 5.26 Å². The number of ether oxygens (including phenoxy) is 1. The molecule has 0 bridgehead atoms. The van der Waals surface area contributed by atoms with Crippen LogP contribution >= 0.6 is 0 Å². The van der Waals surface area contributed by atoms with E-state index in [9.17, 15) is 4.79 Å². The highest BCUT2D eigenvalue weighted by Gasteiger charge is 2.14. The number of nitrogens with zero attached hydrogens (tertiary/aromatic N) is 3. The summed E-state index contributed by atoms with van der Waals surface area (Å²) in [4.78, 5) is 15.6. The van der Waals surface area contributed by atoms with Crippen LogP contribution in [-0.2, 0) is 9.53 Å². The molecule has 1 aliphatic heterocycles. The second kappa shape index (κ2) is 8.52. The molecule has 98 valence electrons. The van der Waals surface area contributed by atoms with Crippen molar-refractivity contribution in [1.29, 1.82) is 5.26 Å². The summed E-state index contributed by atoms with van der Waals surface area (Å²) < 4.78 is 5.27. The third-order valence-electron chi connectivity index (χ3n) is 2.80. The lowest BCUT2D eigenvalue weighted by Crippen LogP contribution is -2.43. The smallest absolute Gasteiger partial charge is 0.298 e. The molecule has 1 fully saturated rings. The van der Waals surface area contributed by atoms with Gasteiger partial charge in [-0.3, -0.25) is 9.69 Å². The second-order valence-corrected chi connectivity index (χ2v) is 4.03.